The summed E-state index contributed by atoms with van der Waals surface area (Å²) in [5, 5.41) is 0. The summed E-state index contributed by atoms with van der Waals surface area (Å²) in [7, 11) is 0. The van der Waals surface area contributed by atoms with E-state index in [0.29, 0.717) is 5.92 Å². The summed E-state index contributed by atoms with van der Waals surface area (Å²) in [6.07, 6.45) is 3.04. The fourth-order valence-corrected chi connectivity index (χ4v) is 4.29. The molecule has 1 aromatic rings. The molecule has 0 saturated carbocycles. The van der Waals surface area contributed by atoms with Crippen molar-refractivity contribution in [3.63, 3.8) is 0 Å². The van der Waals surface area contributed by atoms with Gasteiger partial charge in [0.05, 0.1) is 12.2 Å². The van der Waals surface area contributed by atoms with Gasteiger partial charge in [0, 0.05) is 30.1 Å². The van der Waals surface area contributed by atoms with Gasteiger partial charge < -0.3 is 9.47 Å². The second-order valence-electron chi connectivity index (χ2n) is 6.29. The molecule has 5 heteroatoms. The molecule has 3 N–H and O–H groups in total. The van der Waals surface area contributed by atoms with Crippen LogP contribution < -0.4 is 11.3 Å². The van der Waals surface area contributed by atoms with Gasteiger partial charge in [0.2, 0.25) is 0 Å². The number of hydrogen-bond donors (Lipinski definition) is 2. The van der Waals surface area contributed by atoms with Crippen LogP contribution in [0.25, 0.3) is 0 Å². The lowest BCUT2D eigenvalue weighted by molar-refractivity contribution is -0.103. The van der Waals surface area contributed by atoms with Gasteiger partial charge in [0.25, 0.3) is 0 Å². The molecule has 2 heterocycles. The third kappa shape index (κ3) is 3.32. The van der Waals surface area contributed by atoms with E-state index >= 15 is 0 Å². The number of hydrazine groups is 1. The summed E-state index contributed by atoms with van der Waals surface area (Å²) in [6.45, 7) is 4.43. The van der Waals surface area contributed by atoms with Crippen molar-refractivity contribution < 1.29 is 9.47 Å². The zero-order chi connectivity index (χ0) is 14.9. The Kier molecular flexibility index (Phi) is 4.66. The van der Waals surface area contributed by atoms with Crippen LogP contribution in [0.1, 0.15) is 36.4 Å². The van der Waals surface area contributed by atoms with Crippen molar-refractivity contribution in [2.75, 3.05) is 19.8 Å². The van der Waals surface area contributed by atoms with Crippen LogP contribution in [0.2, 0.25) is 0 Å². The van der Waals surface area contributed by atoms with E-state index in [-0.39, 0.29) is 11.6 Å². The Bertz CT molecular complexity index is 483. The second-order valence-corrected chi connectivity index (χ2v) is 7.21. The maximum absolute atomic E-state index is 6.03. The number of benzene rings is 1. The summed E-state index contributed by atoms with van der Waals surface area (Å²) in [6, 6.07) is 6.64. The standard InChI is InChI=1S/C16H23BrN2O2/c1-11-6-13(8-14(17)7-11)15(19-18)12-2-4-21-16(9-12)3-5-20-10-16/h6-8,12,15,19H,2-5,9-10,18H2,1H3. The van der Waals surface area contributed by atoms with E-state index in [1.165, 1.54) is 11.1 Å². The Labute approximate surface area is 134 Å². The predicted octanol–water partition coefficient (Wildman–Crippen LogP) is 2.85. The first kappa shape index (κ1) is 15.4. The first-order valence-electron chi connectivity index (χ1n) is 7.57. The molecule has 1 spiro atoms. The maximum atomic E-state index is 6.03. The normalized spacial score (nSPS) is 30.7. The summed E-state index contributed by atoms with van der Waals surface area (Å²) < 4.78 is 12.7. The van der Waals surface area contributed by atoms with Gasteiger partial charge in [-0.2, -0.15) is 0 Å². The largest absolute Gasteiger partial charge is 0.378 e. The average Bonchev–Trinajstić information content (AvgIpc) is 2.86. The van der Waals surface area contributed by atoms with Crippen molar-refractivity contribution in [2.24, 2.45) is 11.8 Å². The summed E-state index contributed by atoms with van der Waals surface area (Å²) in [4.78, 5) is 0. The lowest BCUT2D eigenvalue weighted by Crippen LogP contribution is -2.45. The minimum Gasteiger partial charge on any atom is -0.378 e. The Morgan fingerprint density at radius 3 is 2.90 bits per heavy atom. The summed E-state index contributed by atoms with van der Waals surface area (Å²) >= 11 is 3.58. The van der Waals surface area contributed by atoms with Crippen molar-refractivity contribution in [1.82, 2.24) is 5.43 Å². The highest BCUT2D eigenvalue weighted by Gasteiger charge is 2.43. The van der Waals surface area contributed by atoms with Crippen LogP contribution in [0.15, 0.2) is 22.7 Å². The molecule has 3 rings (SSSR count). The van der Waals surface area contributed by atoms with Crippen LogP contribution in [0.3, 0.4) is 0 Å². The molecule has 2 fully saturated rings. The van der Waals surface area contributed by atoms with Gasteiger partial charge in [0.15, 0.2) is 0 Å². The Balaban J connectivity index is 1.82. The van der Waals surface area contributed by atoms with E-state index in [1.54, 1.807) is 0 Å². The Morgan fingerprint density at radius 1 is 1.38 bits per heavy atom. The van der Waals surface area contributed by atoms with E-state index in [4.69, 9.17) is 15.3 Å². The first-order valence-corrected chi connectivity index (χ1v) is 8.36. The molecule has 2 aliphatic rings. The van der Waals surface area contributed by atoms with Crippen LogP contribution >= 0.6 is 15.9 Å². The molecule has 0 bridgehead atoms. The molecule has 3 atom stereocenters. The van der Waals surface area contributed by atoms with Crippen molar-refractivity contribution in [3.8, 4) is 0 Å². The smallest absolute Gasteiger partial charge is 0.0940 e. The van der Waals surface area contributed by atoms with Crippen LogP contribution in [-0.2, 0) is 9.47 Å². The lowest BCUT2D eigenvalue weighted by atomic mass is 9.79. The van der Waals surface area contributed by atoms with Gasteiger partial charge in [-0.25, -0.2) is 0 Å². The van der Waals surface area contributed by atoms with Crippen molar-refractivity contribution in [1.29, 1.82) is 0 Å². The molecule has 0 amide bonds. The highest BCUT2D eigenvalue weighted by atomic mass is 79.9. The highest BCUT2D eigenvalue weighted by Crippen LogP contribution is 2.41. The number of ether oxygens (including phenoxy) is 2. The highest BCUT2D eigenvalue weighted by molar-refractivity contribution is 9.10. The molecule has 4 nitrogen and oxygen atoms in total. The molecule has 0 aliphatic carbocycles. The molecule has 2 saturated heterocycles. The SMILES string of the molecule is Cc1cc(Br)cc(C(NN)C2CCOC3(CCOC3)C2)c1. The second kappa shape index (κ2) is 6.34. The third-order valence-electron chi connectivity index (χ3n) is 4.67. The number of halogens is 1. The van der Waals surface area contributed by atoms with E-state index in [1.807, 2.05) is 0 Å². The summed E-state index contributed by atoms with van der Waals surface area (Å²) in [5.41, 5.74) is 5.43. The van der Waals surface area contributed by atoms with E-state index in [2.05, 4.69) is 46.5 Å². The number of rotatable bonds is 3. The van der Waals surface area contributed by atoms with Crippen molar-refractivity contribution in [2.45, 2.75) is 37.8 Å². The zero-order valence-electron chi connectivity index (χ0n) is 12.4. The topological polar surface area (TPSA) is 56.5 Å². The molecule has 3 unspecified atom stereocenters. The van der Waals surface area contributed by atoms with E-state index in [9.17, 15) is 0 Å². The average molecular weight is 355 g/mol. The number of hydrogen-bond acceptors (Lipinski definition) is 4. The lowest BCUT2D eigenvalue weighted by Gasteiger charge is -2.40. The van der Waals surface area contributed by atoms with Gasteiger partial charge >= 0.3 is 0 Å². The molecular formula is C16H23BrN2O2. The number of aryl methyl sites for hydroxylation is 1. The van der Waals surface area contributed by atoms with Gasteiger partial charge in [-0.05, 0) is 48.9 Å². The molecule has 116 valence electrons. The molecular weight excluding hydrogens is 332 g/mol. The maximum Gasteiger partial charge on any atom is 0.0940 e. The molecule has 21 heavy (non-hydrogen) atoms. The monoisotopic (exact) mass is 354 g/mol. The fraction of sp³-hybridized carbons (Fsp3) is 0.625. The Hall–Kier alpha value is -0.460. The van der Waals surface area contributed by atoms with Crippen LogP contribution in [0, 0.1) is 12.8 Å². The van der Waals surface area contributed by atoms with Crippen molar-refractivity contribution >= 4 is 15.9 Å². The van der Waals surface area contributed by atoms with Gasteiger partial charge in [0.1, 0.15) is 0 Å². The van der Waals surface area contributed by atoms with Crippen molar-refractivity contribution in [3.05, 3.63) is 33.8 Å². The van der Waals surface area contributed by atoms with Crippen LogP contribution in [0.4, 0.5) is 0 Å². The molecule has 0 radical (unpaired) electrons. The predicted molar refractivity (Wildman–Crippen MR) is 85.8 cm³/mol. The first-order chi connectivity index (χ1) is 10.1. The van der Waals surface area contributed by atoms with Crippen LogP contribution in [0.5, 0.6) is 0 Å². The van der Waals surface area contributed by atoms with Gasteiger partial charge in [-0.3, -0.25) is 11.3 Å². The van der Waals surface area contributed by atoms with Crippen LogP contribution in [-0.4, -0.2) is 25.4 Å². The Morgan fingerprint density at radius 2 is 2.24 bits per heavy atom. The number of nitrogens with two attached hydrogens (primary N) is 1. The fourth-order valence-electron chi connectivity index (χ4n) is 3.66. The minimum atomic E-state index is -0.0843. The molecule has 0 aromatic heterocycles. The summed E-state index contributed by atoms with van der Waals surface area (Å²) in [5.74, 6) is 6.36. The molecule has 1 aromatic carbocycles. The van der Waals surface area contributed by atoms with E-state index in [0.717, 1.165) is 43.6 Å². The number of nitrogens with one attached hydrogen (secondary N) is 1. The quantitative estimate of drug-likeness (QED) is 0.647. The zero-order valence-corrected chi connectivity index (χ0v) is 14.0. The minimum absolute atomic E-state index is 0.0843. The third-order valence-corrected chi connectivity index (χ3v) is 5.13. The van der Waals surface area contributed by atoms with Gasteiger partial charge in [-0.1, -0.05) is 22.0 Å². The molecule has 2 aliphatic heterocycles. The van der Waals surface area contributed by atoms with E-state index < -0.39 is 0 Å². The van der Waals surface area contributed by atoms with Gasteiger partial charge in [-0.15, -0.1) is 0 Å².